The van der Waals surface area contributed by atoms with Gasteiger partial charge in [0.15, 0.2) is 0 Å². The van der Waals surface area contributed by atoms with E-state index in [1.54, 1.807) is 0 Å². The Labute approximate surface area is 133 Å². The maximum atomic E-state index is 6.08. The predicted octanol–water partition coefficient (Wildman–Crippen LogP) is 4.64. The molecule has 0 amide bonds. The van der Waals surface area contributed by atoms with Gasteiger partial charge in [-0.05, 0) is 42.5 Å². The Bertz CT molecular complexity index is 635. The van der Waals surface area contributed by atoms with Crippen LogP contribution in [0.3, 0.4) is 0 Å². The number of ether oxygens (including phenoxy) is 1. The van der Waals surface area contributed by atoms with E-state index in [2.05, 4.69) is 74.2 Å². The lowest BCUT2D eigenvalue weighted by Crippen LogP contribution is -2.33. The van der Waals surface area contributed by atoms with Crippen molar-refractivity contribution in [1.82, 2.24) is 0 Å². The molecule has 2 nitrogen and oxygen atoms in total. The summed E-state index contributed by atoms with van der Waals surface area (Å²) in [5.41, 5.74) is 4.12. The molecular formula is C20H25NO. The quantitative estimate of drug-likeness (QED) is 0.796. The summed E-state index contributed by atoms with van der Waals surface area (Å²) in [6.45, 7) is 8.37. The maximum absolute atomic E-state index is 6.08. The highest BCUT2D eigenvalue weighted by molar-refractivity contribution is 5.59. The van der Waals surface area contributed by atoms with Crippen LogP contribution in [0.15, 0.2) is 48.5 Å². The molecule has 2 heteroatoms. The van der Waals surface area contributed by atoms with Crippen LogP contribution in [-0.4, -0.2) is 19.2 Å². The van der Waals surface area contributed by atoms with E-state index in [1.165, 1.54) is 16.8 Å². The monoisotopic (exact) mass is 295 g/mol. The lowest BCUT2D eigenvalue weighted by Gasteiger charge is -2.25. The fraction of sp³-hybridized carbons (Fsp3) is 0.400. The first-order chi connectivity index (χ1) is 10.7. The minimum Gasteiger partial charge on any atom is -0.491 e. The molecule has 0 aliphatic carbocycles. The third-order valence-electron chi connectivity index (χ3n) is 4.48. The number of nitrogens with zero attached hydrogens (tertiary/aromatic N) is 1. The molecule has 0 fully saturated rings. The number of hydrogen-bond acceptors (Lipinski definition) is 2. The first kappa shape index (κ1) is 15.0. The lowest BCUT2D eigenvalue weighted by molar-refractivity contribution is 0.316. The molecule has 0 aromatic heterocycles. The number of anilines is 1. The molecule has 0 saturated heterocycles. The molecule has 1 heterocycles. The van der Waals surface area contributed by atoms with Crippen molar-refractivity contribution >= 4 is 5.69 Å². The van der Waals surface area contributed by atoms with Crippen LogP contribution in [0.25, 0.3) is 0 Å². The summed E-state index contributed by atoms with van der Waals surface area (Å²) in [6.07, 6.45) is 1.14. The van der Waals surface area contributed by atoms with E-state index in [0.29, 0.717) is 12.0 Å². The summed E-state index contributed by atoms with van der Waals surface area (Å²) < 4.78 is 6.08. The molecule has 0 bridgehead atoms. The molecule has 116 valence electrons. The molecule has 22 heavy (non-hydrogen) atoms. The van der Waals surface area contributed by atoms with Gasteiger partial charge in [0.25, 0.3) is 0 Å². The topological polar surface area (TPSA) is 12.5 Å². The van der Waals surface area contributed by atoms with Crippen LogP contribution in [0.5, 0.6) is 5.75 Å². The molecular weight excluding hydrogens is 270 g/mol. The molecule has 1 aliphatic rings. The van der Waals surface area contributed by atoms with Gasteiger partial charge in [0.1, 0.15) is 12.4 Å². The first-order valence-corrected chi connectivity index (χ1v) is 8.23. The number of rotatable bonds is 5. The Hall–Kier alpha value is -1.96. The van der Waals surface area contributed by atoms with Crippen molar-refractivity contribution < 1.29 is 4.74 Å². The van der Waals surface area contributed by atoms with Gasteiger partial charge in [-0.2, -0.15) is 0 Å². The molecule has 2 aromatic carbocycles. The van der Waals surface area contributed by atoms with Gasteiger partial charge < -0.3 is 9.64 Å². The van der Waals surface area contributed by atoms with Gasteiger partial charge in [-0.15, -0.1) is 0 Å². The molecule has 3 rings (SSSR count). The number of benzene rings is 2. The molecule has 0 spiro atoms. The zero-order chi connectivity index (χ0) is 15.5. The maximum Gasteiger partial charge on any atom is 0.122 e. The summed E-state index contributed by atoms with van der Waals surface area (Å²) in [4.78, 5) is 2.47. The van der Waals surface area contributed by atoms with Crippen molar-refractivity contribution in [3.05, 3.63) is 59.7 Å². The number of hydrogen-bond donors (Lipinski definition) is 0. The summed E-state index contributed by atoms with van der Waals surface area (Å²) >= 11 is 0. The second kappa shape index (κ2) is 6.43. The smallest absolute Gasteiger partial charge is 0.122 e. The molecule has 0 radical (unpaired) electrons. The molecule has 1 aliphatic heterocycles. The summed E-state index contributed by atoms with van der Waals surface area (Å²) in [5, 5.41) is 0. The van der Waals surface area contributed by atoms with E-state index in [9.17, 15) is 0 Å². The molecule has 0 N–H and O–H groups in total. The highest BCUT2D eigenvalue weighted by Crippen LogP contribution is 2.31. The van der Waals surface area contributed by atoms with Gasteiger partial charge in [-0.1, -0.05) is 50.2 Å². The van der Waals surface area contributed by atoms with Gasteiger partial charge in [0.2, 0.25) is 0 Å². The van der Waals surface area contributed by atoms with Crippen LogP contribution in [0.4, 0.5) is 5.69 Å². The first-order valence-electron chi connectivity index (χ1n) is 8.23. The van der Waals surface area contributed by atoms with Crippen molar-refractivity contribution in [2.45, 2.75) is 39.2 Å². The van der Waals surface area contributed by atoms with Crippen molar-refractivity contribution in [2.24, 2.45) is 0 Å². The van der Waals surface area contributed by atoms with Crippen LogP contribution >= 0.6 is 0 Å². The summed E-state index contributed by atoms with van der Waals surface area (Å²) in [6, 6.07) is 17.6. The Kier molecular flexibility index (Phi) is 4.37. The number of fused-ring (bicyclic) bond motifs is 1. The van der Waals surface area contributed by atoms with E-state index in [-0.39, 0.29) is 0 Å². The second-order valence-corrected chi connectivity index (χ2v) is 6.42. The minimum atomic E-state index is 0.489. The van der Waals surface area contributed by atoms with Crippen molar-refractivity contribution in [2.75, 3.05) is 18.1 Å². The zero-order valence-electron chi connectivity index (χ0n) is 13.8. The molecule has 0 saturated carbocycles. The van der Waals surface area contributed by atoms with E-state index in [4.69, 9.17) is 4.74 Å². The van der Waals surface area contributed by atoms with Crippen molar-refractivity contribution in [3.8, 4) is 5.75 Å². The normalized spacial score (nSPS) is 16.9. The Morgan fingerprint density at radius 3 is 2.64 bits per heavy atom. The van der Waals surface area contributed by atoms with E-state index < -0.39 is 0 Å². The van der Waals surface area contributed by atoms with Crippen LogP contribution in [0.1, 0.15) is 37.8 Å². The second-order valence-electron chi connectivity index (χ2n) is 6.42. The zero-order valence-corrected chi connectivity index (χ0v) is 13.8. The van der Waals surface area contributed by atoms with Gasteiger partial charge in [-0.3, -0.25) is 0 Å². The van der Waals surface area contributed by atoms with Crippen LogP contribution < -0.4 is 9.64 Å². The summed E-state index contributed by atoms with van der Waals surface area (Å²) in [5.74, 6) is 1.51. The van der Waals surface area contributed by atoms with E-state index >= 15 is 0 Å². The predicted molar refractivity (Wildman–Crippen MR) is 93.0 cm³/mol. The minimum absolute atomic E-state index is 0.489. The van der Waals surface area contributed by atoms with Crippen LogP contribution in [0.2, 0.25) is 0 Å². The fourth-order valence-corrected chi connectivity index (χ4v) is 3.31. The molecule has 1 atom stereocenters. The highest BCUT2D eigenvalue weighted by atomic mass is 16.5. The van der Waals surface area contributed by atoms with Gasteiger partial charge in [-0.25, -0.2) is 0 Å². The third-order valence-corrected chi connectivity index (χ3v) is 4.48. The van der Waals surface area contributed by atoms with E-state index in [0.717, 1.165) is 25.3 Å². The van der Waals surface area contributed by atoms with E-state index in [1.807, 2.05) is 0 Å². The van der Waals surface area contributed by atoms with Gasteiger partial charge in [0.05, 0.1) is 6.54 Å². The SMILES string of the molecule is CC(C)c1ccccc1OCCN1c2ccccc2CC1C. The van der Waals surface area contributed by atoms with Crippen molar-refractivity contribution in [1.29, 1.82) is 0 Å². The number of para-hydroxylation sites is 2. The Morgan fingerprint density at radius 1 is 1.09 bits per heavy atom. The average Bonchev–Trinajstić information content (AvgIpc) is 2.83. The standard InChI is InChI=1S/C20H25NO/c1-15(2)18-9-5-7-11-20(18)22-13-12-21-16(3)14-17-8-4-6-10-19(17)21/h4-11,15-16H,12-14H2,1-3H3. The molecule has 1 unspecified atom stereocenters. The molecule has 2 aromatic rings. The average molecular weight is 295 g/mol. The van der Waals surface area contributed by atoms with Crippen LogP contribution in [-0.2, 0) is 6.42 Å². The fourth-order valence-electron chi connectivity index (χ4n) is 3.31. The Balaban J connectivity index is 1.65. The van der Waals surface area contributed by atoms with Gasteiger partial charge in [0, 0.05) is 11.7 Å². The lowest BCUT2D eigenvalue weighted by atomic mass is 10.0. The highest BCUT2D eigenvalue weighted by Gasteiger charge is 2.25. The van der Waals surface area contributed by atoms with Crippen molar-refractivity contribution in [3.63, 3.8) is 0 Å². The van der Waals surface area contributed by atoms with Crippen LogP contribution in [0, 0.1) is 0 Å². The summed E-state index contributed by atoms with van der Waals surface area (Å²) in [7, 11) is 0. The largest absolute Gasteiger partial charge is 0.491 e. The Morgan fingerprint density at radius 2 is 1.82 bits per heavy atom. The third kappa shape index (κ3) is 2.96. The van der Waals surface area contributed by atoms with Gasteiger partial charge >= 0.3 is 0 Å².